The maximum Gasteiger partial charge on any atom is 0.250 e. The Labute approximate surface area is 157 Å². The summed E-state index contributed by atoms with van der Waals surface area (Å²) in [5, 5.41) is 4.88. The minimum Gasteiger partial charge on any atom is -0.544 e. The molecule has 0 saturated carbocycles. The van der Waals surface area contributed by atoms with Crippen LogP contribution in [0.1, 0.15) is 40.3 Å². The molecule has 4 nitrogen and oxygen atoms in total. The number of thioether (sulfide) groups is 1. The van der Waals surface area contributed by atoms with Crippen LogP contribution in [0.15, 0.2) is 30.3 Å². The maximum absolute atomic E-state index is 6.34. The Morgan fingerprint density at radius 3 is 2.12 bits per heavy atom. The summed E-state index contributed by atoms with van der Waals surface area (Å²) < 4.78 is 8.07. The molecule has 1 heterocycles. The molecule has 0 aliphatic carbocycles. The van der Waals surface area contributed by atoms with Crippen LogP contribution in [-0.2, 0) is 4.75 Å². The molecule has 0 saturated heterocycles. The van der Waals surface area contributed by atoms with Gasteiger partial charge in [-0.15, -0.1) is 0 Å². The molecule has 2 rings (SSSR count). The molecule has 138 valence electrons. The molecule has 0 fully saturated rings. The quantitative estimate of drug-likeness (QED) is 0.705. The molecule has 0 spiro atoms. The van der Waals surface area contributed by atoms with Crippen molar-refractivity contribution >= 4 is 25.9 Å². The second kappa shape index (κ2) is 6.72. The van der Waals surface area contributed by atoms with Crippen molar-refractivity contribution in [2.45, 2.75) is 57.5 Å². The van der Waals surface area contributed by atoms with Crippen LogP contribution in [0.2, 0.25) is 18.1 Å². The molecule has 6 heteroatoms. The van der Waals surface area contributed by atoms with Crippen molar-refractivity contribution in [2.75, 3.05) is 12.0 Å². The number of hydrogen-bond donors (Lipinski definition) is 1. The van der Waals surface area contributed by atoms with E-state index in [0.717, 1.165) is 17.1 Å². The van der Waals surface area contributed by atoms with Gasteiger partial charge < -0.3 is 10.2 Å². The molecule has 0 unspecified atom stereocenters. The van der Waals surface area contributed by atoms with Gasteiger partial charge in [0.05, 0.1) is 16.1 Å². The van der Waals surface area contributed by atoms with Crippen molar-refractivity contribution in [3.05, 3.63) is 36.0 Å². The third-order valence-corrected chi connectivity index (χ3v) is 10.7. The van der Waals surface area contributed by atoms with Gasteiger partial charge in [0.1, 0.15) is 11.6 Å². The number of nitrogens with zero attached hydrogens (tertiary/aromatic N) is 2. The minimum atomic E-state index is -1.83. The largest absolute Gasteiger partial charge is 0.544 e. The molecular weight excluding hydrogens is 346 g/mol. The second-order valence-corrected chi connectivity index (χ2v) is 14.6. The lowest BCUT2D eigenvalue weighted by Gasteiger charge is -2.36. The Morgan fingerprint density at radius 2 is 1.64 bits per heavy atom. The van der Waals surface area contributed by atoms with E-state index < -0.39 is 8.32 Å². The highest BCUT2D eigenvalue weighted by atomic mass is 32.2. The average Bonchev–Trinajstić information content (AvgIpc) is 2.89. The fraction of sp³-hybridized carbons (Fsp3) is 0.526. The first-order chi connectivity index (χ1) is 11.4. The van der Waals surface area contributed by atoms with Crippen molar-refractivity contribution in [1.82, 2.24) is 9.78 Å². The molecule has 0 amide bonds. The number of nitrogen functional groups attached to an aromatic ring is 1. The summed E-state index contributed by atoms with van der Waals surface area (Å²) in [6.07, 6.45) is 2.09. The first-order valence-electron chi connectivity index (χ1n) is 8.58. The van der Waals surface area contributed by atoms with Gasteiger partial charge in [0, 0.05) is 6.07 Å². The molecule has 1 aromatic heterocycles. The van der Waals surface area contributed by atoms with Crippen LogP contribution in [-0.4, -0.2) is 24.4 Å². The summed E-state index contributed by atoms with van der Waals surface area (Å²) in [7, 11) is -1.83. The number of benzene rings is 1. The van der Waals surface area contributed by atoms with E-state index in [2.05, 4.69) is 54.0 Å². The smallest absolute Gasteiger partial charge is 0.250 e. The highest BCUT2D eigenvalue weighted by Crippen LogP contribution is 2.38. The third kappa shape index (κ3) is 4.23. The van der Waals surface area contributed by atoms with Crippen LogP contribution in [0.3, 0.4) is 0 Å². The zero-order valence-corrected chi connectivity index (χ0v) is 18.5. The fourth-order valence-corrected chi connectivity index (χ4v) is 3.44. The highest BCUT2D eigenvalue weighted by molar-refractivity contribution is 7.99. The van der Waals surface area contributed by atoms with Crippen molar-refractivity contribution in [2.24, 2.45) is 0 Å². The van der Waals surface area contributed by atoms with Gasteiger partial charge in [-0.05, 0) is 62.5 Å². The van der Waals surface area contributed by atoms with E-state index in [1.165, 1.54) is 0 Å². The van der Waals surface area contributed by atoms with Crippen LogP contribution in [0.25, 0.3) is 5.69 Å². The Kier molecular flexibility index (Phi) is 5.36. The van der Waals surface area contributed by atoms with Crippen LogP contribution in [0.4, 0.5) is 5.82 Å². The summed E-state index contributed by atoms with van der Waals surface area (Å²) in [5.74, 6) is 1.56. The van der Waals surface area contributed by atoms with Crippen LogP contribution in [0, 0.1) is 0 Å². The van der Waals surface area contributed by atoms with Crippen LogP contribution >= 0.6 is 11.8 Å². The fourth-order valence-electron chi connectivity index (χ4n) is 2.10. The van der Waals surface area contributed by atoms with Gasteiger partial charge in [0.25, 0.3) is 0 Å². The zero-order chi connectivity index (χ0) is 19.0. The van der Waals surface area contributed by atoms with Crippen molar-refractivity contribution in [3.8, 4) is 11.4 Å². The van der Waals surface area contributed by atoms with Crippen LogP contribution < -0.4 is 10.2 Å². The maximum atomic E-state index is 6.34. The van der Waals surface area contributed by atoms with E-state index in [9.17, 15) is 0 Å². The lowest BCUT2D eigenvalue weighted by Crippen LogP contribution is -2.43. The molecular formula is C19H31N3OSSi. The molecule has 2 aromatic rings. The summed E-state index contributed by atoms with van der Waals surface area (Å²) in [6.45, 7) is 15.5. The molecule has 0 aliphatic rings. The summed E-state index contributed by atoms with van der Waals surface area (Å²) in [4.78, 5) is 0. The summed E-state index contributed by atoms with van der Waals surface area (Å²) >= 11 is 1.76. The number of anilines is 1. The van der Waals surface area contributed by atoms with E-state index in [1.54, 1.807) is 16.4 Å². The summed E-state index contributed by atoms with van der Waals surface area (Å²) in [6, 6.07) is 10.0. The first kappa shape index (κ1) is 19.9. The Morgan fingerprint density at radius 1 is 1.08 bits per heavy atom. The number of hydrogen-bond acceptors (Lipinski definition) is 4. The van der Waals surface area contributed by atoms with Gasteiger partial charge in [0.2, 0.25) is 8.32 Å². The van der Waals surface area contributed by atoms with E-state index in [4.69, 9.17) is 15.3 Å². The molecule has 2 N–H and O–H groups in total. The zero-order valence-electron chi connectivity index (χ0n) is 16.7. The lowest BCUT2D eigenvalue weighted by molar-refractivity contribution is 0.492. The topological polar surface area (TPSA) is 53.1 Å². The molecule has 0 aliphatic heterocycles. The highest BCUT2D eigenvalue weighted by Gasteiger charge is 2.38. The number of aromatic nitrogens is 2. The normalized spacial score (nSPS) is 13.1. The number of nitrogens with two attached hydrogens (primary N) is 1. The van der Waals surface area contributed by atoms with Crippen LogP contribution in [0.5, 0.6) is 5.75 Å². The van der Waals surface area contributed by atoms with E-state index in [1.807, 2.05) is 30.3 Å². The average molecular weight is 378 g/mol. The molecule has 0 atom stereocenters. The third-order valence-electron chi connectivity index (χ3n) is 5.12. The predicted molar refractivity (Wildman–Crippen MR) is 112 cm³/mol. The van der Waals surface area contributed by atoms with Gasteiger partial charge in [-0.3, -0.25) is 0 Å². The lowest BCUT2D eigenvalue weighted by atomic mass is 10.1. The standard InChI is InChI=1S/C19H31N3OSSi/c1-18(2,3)25(7,8)23-15-11-9-14(10-12-15)22-17(20)13-16(21-22)19(4,5)24-6/h9-13H,20H2,1-8H3. The number of rotatable bonds is 5. The predicted octanol–water partition coefficient (Wildman–Crippen LogP) is 5.44. The SMILES string of the molecule is CSC(C)(C)c1cc(N)n(-c2ccc(O[Si](C)(C)C(C)(C)C)cc2)n1. The molecule has 1 aromatic carbocycles. The van der Waals surface area contributed by atoms with Gasteiger partial charge in [0.15, 0.2) is 0 Å². The minimum absolute atomic E-state index is 0.0647. The van der Waals surface area contributed by atoms with E-state index in [-0.39, 0.29) is 9.79 Å². The van der Waals surface area contributed by atoms with Crippen molar-refractivity contribution < 1.29 is 4.43 Å². The first-order valence-corrected chi connectivity index (χ1v) is 12.7. The van der Waals surface area contributed by atoms with E-state index >= 15 is 0 Å². The van der Waals surface area contributed by atoms with E-state index in [0.29, 0.717) is 5.82 Å². The molecule has 0 radical (unpaired) electrons. The monoisotopic (exact) mass is 377 g/mol. The van der Waals surface area contributed by atoms with Gasteiger partial charge in [-0.25, -0.2) is 4.68 Å². The Balaban J connectivity index is 2.27. The molecule has 25 heavy (non-hydrogen) atoms. The Hall–Kier alpha value is -1.40. The molecule has 0 bridgehead atoms. The van der Waals surface area contributed by atoms with Gasteiger partial charge in [-0.2, -0.15) is 16.9 Å². The second-order valence-electron chi connectivity index (χ2n) is 8.44. The Bertz CT molecular complexity index is 730. The van der Waals surface area contributed by atoms with Gasteiger partial charge in [-0.1, -0.05) is 20.8 Å². The summed E-state index contributed by atoms with van der Waals surface area (Å²) in [5.41, 5.74) is 8.12. The van der Waals surface area contributed by atoms with Crippen molar-refractivity contribution in [1.29, 1.82) is 0 Å². The van der Waals surface area contributed by atoms with Crippen molar-refractivity contribution in [3.63, 3.8) is 0 Å². The van der Waals surface area contributed by atoms with Gasteiger partial charge >= 0.3 is 0 Å².